The highest BCUT2D eigenvalue weighted by molar-refractivity contribution is 9.09. The number of aliphatic hydroxyl groups excluding tert-OH is 1. The van der Waals surface area contributed by atoms with E-state index in [1.54, 1.807) is 11.0 Å². The highest BCUT2D eigenvalue weighted by atomic mass is 79.9. The SMILES string of the molecule is C=CCN(Cc1ccccc1)C(=O)C1N([C@H](CO)c2ccccc2)C(=O)[C@@H]2[C@@H](C(=O)O)[C@@H]3SC12CC3Br. The molecule has 2 aromatic carbocycles. The number of rotatable bonds is 9. The third kappa shape index (κ3) is 4.21. The molecular weight excluding hydrogens is 556 g/mol. The lowest BCUT2D eigenvalue weighted by Gasteiger charge is -2.40. The van der Waals surface area contributed by atoms with Gasteiger partial charge in [0.15, 0.2) is 0 Å². The molecule has 3 unspecified atom stereocenters. The zero-order chi connectivity index (χ0) is 26.3. The number of halogens is 1. The first-order valence-electron chi connectivity index (χ1n) is 12.3. The van der Waals surface area contributed by atoms with Crippen LogP contribution >= 0.6 is 27.7 Å². The van der Waals surface area contributed by atoms with Gasteiger partial charge in [-0.15, -0.1) is 18.3 Å². The van der Waals surface area contributed by atoms with Crippen LogP contribution in [0.1, 0.15) is 23.6 Å². The molecule has 2 N–H and O–H groups in total. The molecule has 5 rings (SSSR count). The van der Waals surface area contributed by atoms with E-state index >= 15 is 0 Å². The summed E-state index contributed by atoms with van der Waals surface area (Å²) in [5, 5.41) is 20.4. The number of hydrogen-bond donors (Lipinski definition) is 2. The number of likely N-dealkylation sites (tertiary alicyclic amines) is 1. The Morgan fingerprint density at radius 3 is 2.43 bits per heavy atom. The van der Waals surface area contributed by atoms with E-state index in [2.05, 4.69) is 22.5 Å². The molecule has 1 spiro atoms. The molecule has 0 saturated carbocycles. The summed E-state index contributed by atoms with van der Waals surface area (Å²) in [6.07, 6.45) is 2.15. The van der Waals surface area contributed by atoms with Crippen LogP contribution in [0.2, 0.25) is 0 Å². The zero-order valence-corrected chi connectivity index (χ0v) is 22.6. The third-order valence-corrected chi connectivity index (χ3v) is 11.0. The molecule has 3 heterocycles. The van der Waals surface area contributed by atoms with E-state index in [0.717, 1.165) is 5.56 Å². The summed E-state index contributed by atoms with van der Waals surface area (Å²) >= 11 is 5.13. The number of carbonyl (C=O) groups excluding carboxylic acids is 2. The van der Waals surface area contributed by atoms with E-state index in [9.17, 15) is 24.6 Å². The number of thioether (sulfide) groups is 1. The molecule has 2 amide bonds. The van der Waals surface area contributed by atoms with Gasteiger partial charge in [-0.05, 0) is 17.5 Å². The molecule has 3 aliphatic rings. The molecular formula is C28H29BrN2O5S. The minimum Gasteiger partial charge on any atom is -0.481 e. The molecule has 0 aliphatic carbocycles. The number of hydrogen-bond acceptors (Lipinski definition) is 5. The quantitative estimate of drug-likeness (QED) is 0.346. The van der Waals surface area contributed by atoms with Gasteiger partial charge in [-0.1, -0.05) is 82.7 Å². The van der Waals surface area contributed by atoms with Gasteiger partial charge in [0.2, 0.25) is 11.8 Å². The number of nitrogens with zero attached hydrogens (tertiary/aromatic N) is 2. The molecule has 37 heavy (non-hydrogen) atoms. The lowest BCUT2D eigenvalue weighted by Crippen LogP contribution is -2.56. The van der Waals surface area contributed by atoms with Crippen molar-refractivity contribution in [3.05, 3.63) is 84.4 Å². The number of carbonyl (C=O) groups is 3. The lowest BCUT2D eigenvalue weighted by atomic mass is 9.71. The molecule has 2 aromatic rings. The van der Waals surface area contributed by atoms with Crippen LogP contribution in [0, 0.1) is 11.8 Å². The number of carboxylic acid groups (broad SMARTS) is 1. The van der Waals surface area contributed by atoms with E-state index in [4.69, 9.17) is 0 Å². The Bertz CT molecular complexity index is 1200. The number of alkyl halides is 1. The van der Waals surface area contributed by atoms with Crippen LogP contribution < -0.4 is 0 Å². The van der Waals surface area contributed by atoms with E-state index in [-0.39, 0.29) is 35.0 Å². The number of fused-ring (bicyclic) bond motifs is 1. The van der Waals surface area contributed by atoms with E-state index < -0.39 is 34.6 Å². The highest BCUT2D eigenvalue weighted by Crippen LogP contribution is 2.68. The fourth-order valence-corrected chi connectivity index (χ4v) is 9.95. The number of benzene rings is 2. The van der Waals surface area contributed by atoms with Gasteiger partial charge in [-0.25, -0.2) is 0 Å². The predicted molar refractivity (Wildman–Crippen MR) is 145 cm³/mol. The Morgan fingerprint density at radius 1 is 1.19 bits per heavy atom. The van der Waals surface area contributed by atoms with Gasteiger partial charge in [0, 0.05) is 23.2 Å². The average molecular weight is 586 g/mol. The Kier molecular flexibility index (Phi) is 7.22. The fourth-order valence-electron chi connectivity index (χ4n) is 6.36. The molecule has 3 saturated heterocycles. The second kappa shape index (κ2) is 10.3. The number of aliphatic hydroxyl groups is 1. The van der Waals surface area contributed by atoms with Crippen LogP contribution in [0.5, 0.6) is 0 Å². The summed E-state index contributed by atoms with van der Waals surface area (Å²) in [7, 11) is 0. The standard InChI is InChI=1S/C28H29BrN2O5S/c1-2-13-30(15-17-9-5-3-6-10-17)26(34)24-28-14-19(29)23(37-28)21(27(35)36)22(28)25(33)31(24)20(16-32)18-11-7-4-8-12-18/h2-12,19-24,32H,1,13-16H2,(H,35,36)/t19?,20-,21-,22+,23-,24?,28?/m1/s1. The molecule has 0 radical (unpaired) electrons. The first-order chi connectivity index (χ1) is 17.8. The molecule has 3 fully saturated rings. The molecule has 194 valence electrons. The van der Waals surface area contributed by atoms with Crippen LogP contribution in [-0.2, 0) is 20.9 Å². The van der Waals surface area contributed by atoms with Gasteiger partial charge in [0.1, 0.15) is 6.04 Å². The van der Waals surface area contributed by atoms with Crippen molar-refractivity contribution in [3.8, 4) is 0 Å². The van der Waals surface area contributed by atoms with Crippen molar-refractivity contribution in [2.45, 2.75) is 39.9 Å². The monoisotopic (exact) mass is 584 g/mol. The Labute approximate surface area is 228 Å². The molecule has 0 aromatic heterocycles. The number of amides is 2. The number of carboxylic acids is 1. The molecule has 9 heteroatoms. The predicted octanol–water partition coefficient (Wildman–Crippen LogP) is 3.48. The van der Waals surface area contributed by atoms with Crippen LogP contribution in [0.15, 0.2) is 73.3 Å². The fraction of sp³-hybridized carbons (Fsp3) is 0.393. The highest BCUT2D eigenvalue weighted by Gasteiger charge is 2.76. The summed E-state index contributed by atoms with van der Waals surface area (Å²) in [5.41, 5.74) is 1.64. The van der Waals surface area contributed by atoms with E-state index in [0.29, 0.717) is 18.5 Å². The van der Waals surface area contributed by atoms with Crippen molar-refractivity contribution in [2.24, 2.45) is 11.8 Å². The van der Waals surface area contributed by atoms with Gasteiger partial charge in [-0.3, -0.25) is 14.4 Å². The summed E-state index contributed by atoms with van der Waals surface area (Å²) in [6.45, 7) is 4.06. The van der Waals surface area contributed by atoms with Gasteiger partial charge < -0.3 is 20.0 Å². The smallest absolute Gasteiger partial charge is 0.308 e. The first kappa shape index (κ1) is 26.0. The Morgan fingerprint density at radius 2 is 1.84 bits per heavy atom. The van der Waals surface area contributed by atoms with Crippen molar-refractivity contribution < 1.29 is 24.6 Å². The molecule has 2 bridgehead atoms. The van der Waals surface area contributed by atoms with Crippen LogP contribution in [0.25, 0.3) is 0 Å². The maximum atomic E-state index is 14.5. The Balaban J connectivity index is 1.62. The van der Waals surface area contributed by atoms with E-state index in [1.807, 2.05) is 60.7 Å². The second-order valence-electron chi connectivity index (χ2n) is 9.85. The zero-order valence-electron chi connectivity index (χ0n) is 20.2. The van der Waals surface area contributed by atoms with Crippen molar-refractivity contribution in [1.29, 1.82) is 0 Å². The topological polar surface area (TPSA) is 98.2 Å². The molecule has 3 aliphatic heterocycles. The average Bonchev–Trinajstić information content (AvgIpc) is 3.49. The van der Waals surface area contributed by atoms with Crippen molar-refractivity contribution in [2.75, 3.05) is 13.2 Å². The van der Waals surface area contributed by atoms with Gasteiger partial charge in [0.05, 0.1) is 29.2 Å². The van der Waals surface area contributed by atoms with Gasteiger partial charge >= 0.3 is 5.97 Å². The van der Waals surface area contributed by atoms with Crippen molar-refractivity contribution in [3.63, 3.8) is 0 Å². The van der Waals surface area contributed by atoms with Crippen LogP contribution in [-0.4, -0.2) is 71.8 Å². The number of aliphatic carboxylic acids is 1. The second-order valence-corrected chi connectivity index (χ2v) is 12.6. The third-order valence-electron chi connectivity index (χ3n) is 7.82. The summed E-state index contributed by atoms with van der Waals surface area (Å²) in [5.74, 6) is -3.41. The van der Waals surface area contributed by atoms with Crippen LogP contribution in [0.4, 0.5) is 0 Å². The van der Waals surface area contributed by atoms with E-state index in [1.165, 1.54) is 16.7 Å². The summed E-state index contributed by atoms with van der Waals surface area (Å²) in [4.78, 5) is 44.1. The van der Waals surface area contributed by atoms with Crippen molar-refractivity contribution in [1.82, 2.24) is 9.80 Å². The largest absolute Gasteiger partial charge is 0.481 e. The lowest BCUT2D eigenvalue weighted by molar-refractivity contribution is -0.150. The summed E-state index contributed by atoms with van der Waals surface area (Å²) < 4.78 is -0.908. The first-order valence-corrected chi connectivity index (χ1v) is 14.1. The van der Waals surface area contributed by atoms with Crippen LogP contribution in [0.3, 0.4) is 0 Å². The minimum absolute atomic E-state index is 0.135. The molecule has 7 nitrogen and oxygen atoms in total. The van der Waals surface area contributed by atoms with Gasteiger partial charge in [-0.2, -0.15) is 0 Å². The Hall–Kier alpha value is -2.62. The van der Waals surface area contributed by atoms with Crippen molar-refractivity contribution >= 4 is 45.5 Å². The maximum Gasteiger partial charge on any atom is 0.308 e. The van der Waals surface area contributed by atoms with Gasteiger partial charge in [0.25, 0.3) is 0 Å². The molecule has 7 atom stereocenters. The maximum absolute atomic E-state index is 14.5. The summed E-state index contributed by atoms with van der Waals surface area (Å²) in [6, 6.07) is 17.0. The minimum atomic E-state index is -1.03. The normalized spacial score (nSPS) is 30.7.